The number of nitrogens with one attached hydrogen (secondary N) is 1. The molecule has 2 bridgehead atoms. The van der Waals surface area contributed by atoms with Crippen LogP contribution in [0.3, 0.4) is 0 Å². The molecule has 5 nitrogen and oxygen atoms in total. The second-order valence-electron chi connectivity index (χ2n) is 7.88. The lowest BCUT2D eigenvalue weighted by Crippen LogP contribution is -2.53. The summed E-state index contributed by atoms with van der Waals surface area (Å²) in [4.78, 5) is 26.3. The number of hydrogen-bond acceptors (Lipinski definition) is 3. The molecule has 1 aliphatic heterocycles. The summed E-state index contributed by atoms with van der Waals surface area (Å²) >= 11 is 0. The first kappa shape index (κ1) is 16.6. The maximum Gasteiger partial charge on any atom is 0.251 e. The van der Waals surface area contributed by atoms with Gasteiger partial charge in [-0.05, 0) is 68.2 Å². The van der Waals surface area contributed by atoms with Gasteiger partial charge >= 0.3 is 0 Å². The number of carbonyl (C=O) groups is 2. The van der Waals surface area contributed by atoms with Crippen LogP contribution in [0.4, 0.5) is 5.69 Å². The fourth-order valence-corrected chi connectivity index (χ4v) is 4.97. The number of amides is 2. The van der Waals surface area contributed by atoms with Crippen molar-refractivity contribution >= 4 is 17.5 Å². The van der Waals surface area contributed by atoms with E-state index in [1.807, 2.05) is 24.3 Å². The van der Waals surface area contributed by atoms with E-state index in [-0.39, 0.29) is 17.9 Å². The van der Waals surface area contributed by atoms with Crippen molar-refractivity contribution in [1.29, 1.82) is 0 Å². The van der Waals surface area contributed by atoms with Gasteiger partial charge in [-0.2, -0.15) is 0 Å². The van der Waals surface area contributed by atoms with Crippen LogP contribution in [-0.4, -0.2) is 30.4 Å². The van der Waals surface area contributed by atoms with Crippen molar-refractivity contribution in [2.75, 3.05) is 11.4 Å². The normalized spacial score (nSPS) is 31.9. The summed E-state index contributed by atoms with van der Waals surface area (Å²) in [6.45, 7) is 0.774. The van der Waals surface area contributed by atoms with Gasteiger partial charge in [-0.3, -0.25) is 9.59 Å². The van der Waals surface area contributed by atoms with Crippen molar-refractivity contribution in [3.05, 3.63) is 29.8 Å². The third kappa shape index (κ3) is 3.30. The Bertz CT molecular complexity index is 643. The SMILES string of the molecule is NC1CC2CCCC(C1)C2NC(=O)c1ccc(N2CCCC2=O)cc1. The molecule has 0 aromatic heterocycles. The van der Waals surface area contributed by atoms with Gasteiger partial charge in [0, 0.05) is 36.3 Å². The molecular weight excluding hydrogens is 314 g/mol. The quantitative estimate of drug-likeness (QED) is 0.887. The van der Waals surface area contributed by atoms with Crippen LogP contribution in [0.15, 0.2) is 24.3 Å². The highest BCUT2D eigenvalue weighted by molar-refractivity contribution is 5.97. The van der Waals surface area contributed by atoms with E-state index in [4.69, 9.17) is 5.73 Å². The highest BCUT2D eigenvalue weighted by Crippen LogP contribution is 2.39. The van der Waals surface area contributed by atoms with Crippen LogP contribution in [0.25, 0.3) is 0 Å². The Morgan fingerprint density at radius 3 is 2.36 bits per heavy atom. The average Bonchev–Trinajstić information content (AvgIpc) is 3.02. The summed E-state index contributed by atoms with van der Waals surface area (Å²) in [6.07, 6.45) is 7.18. The van der Waals surface area contributed by atoms with Crippen molar-refractivity contribution in [3.63, 3.8) is 0 Å². The predicted molar refractivity (Wildman–Crippen MR) is 97.3 cm³/mol. The van der Waals surface area contributed by atoms with Crippen molar-refractivity contribution in [2.45, 2.75) is 57.0 Å². The topological polar surface area (TPSA) is 75.4 Å². The summed E-state index contributed by atoms with van der Waals surface area (Å²) in [5.74, 6) is 1.21. The zero-order valence-electron chi connectivity index (χ0n) is 14.6. The highest BCUT2D eigenvalue weighted by Gasteiger charge is 2.39. The van der Waals surface area contributed by atoms with E-state index in [2.05, 4.69) is 5.32 Å². The summed E-state index contributed by atoms with van der Waals surface area (Å²) < 4.78 is 0. The second kappa shape index (κ2) is 6.79. The van der Waals surface area contributed by atoms with Gasteiger partial charge in [-0.1, -0.05) is 6.42 Å². The van der Waals surface area contributed by atoms with E-state index in [1.54, 1.807) is 4.90 Å². The zero-order chi connectivity index (χ0) is 17.4. The number of rotatable bonds is 3. The molecule has 3 N–H and O–H groups in total. The van der Waals surface area contributed by atoms with Crippen LogP contribution < -0.4 is 16.0 Å². The van der Waals surface area contributed by atoms with E-state index in [1.165, 1.54) is 19.3 Å². The first-order valence-electron chi connectivity index (χ1n) is 9.58. The summed E-state index contributed by atoms with van der Waals surface area (Å²) in [7, 11) is 0. The summed E-state index contributed by atoms with van der Waals surface area (Å²) in [5, 5.41) is 3.28. The molecule has 2 amide bonds. The van der Waals surface area contributed by atoms with Gasteiger partial charge < -0.3 is 16.0 Å². The monoisotopic (exact) mass is 341 g/mol. The number of anilines is 1. The number of hydrogen-bond donors (Lipinski definition) is 2. The molecule has 0 radical (unpaired) electrons. The van der Waals surface area contributed by atoms with Crippen LogP contribution in [0, 0.1) is 11.8 Å². The van der Waals surface area contributed by atoms with Crippen molar-refractivity contribution in [2.24, 2.45) is 17.6 Å². The molecule has 0 spiro atoms. The Labute approximate surface area is 148 Å². The largest absolute Gasteiger partial charge is 0.349 e. The van der Waals surface area contributed by atoms with Crippen LogP contribution in [-0.2, 0) is 4.79 Å². The minimum atomic E-state index is -0.00308. The lowest BCUT2D eigenvalue weighted by molar-refractivity contribution is -0.117. The standard InChI is InChI=1S/C20H27N3O2/c21-16-11-14-3-1-4-15(12-16)19(14)22-20(25)13-6-8-17(9-7-13)23-10-2-5-18(23)24/h6-9,14-16,19H,1-5,10-12,21H2,(H,22,25). The maximum absolute atomic E-state index is 12.7. The Hall–Kier alpha value is -1.88. The molecule has 1 aromatic rings. The highest BCUT2D eigenvalue weighted by atomic mass is 16.2. The molecular formula is C20H27N3O2. The van der Waals surface area contributed by atoms with Crippen molar-refractivity contribution < 1.29 is 9.59 Å². The molecule has 25 heavy (non-hydrogen) atoms. The van der Waals surface area contributed by atoms with Crippen LogP contribution >= 0.6 is 0 Å². The maximum atomic E-state index is 12.7. The summed E-state index contributed by atoms with van der Waals surface area (Å²) in [6, 6.07) is 7.99. The van der Waals surface area contributed by atoms with Gasteiger partial charge in [-0.25, -0.2) is 0 Å². The number of nitrogens with two attached hydrogens (primary N) is 1. The minimum Gasteiger partial charge on any atom is -0.349 e. The molecule has 134 valence electrons. The molecule has 1 saturated heterocycles. The van der Waals surface area contributed by atoms with Gasteiger partial charge in [0.2, 0.25) is 5.91 Å². The predicted octanol–water partition coefficient (Wildman–Crippen LogP) is 2.45. The third-order valence-electron chi connectivity index (χ3n) is 6.19. The Balaban J connectivity index is 1.43. The number of fused-ring (bicyclic) bond motifs is 2. The molecule has 2 unspecified atom stereocenters. The first-order chi connectivity index (χ1) is 12.1. The third-order valence-corrected chi connectivity index (χ3v) is 6.19. The second-order valence-corrected chi connectivity index (χ2v) is 7.88. The van der Waals surface area contributed by atoms with Crippen molar-refractivity contribution in [3.8, 4) is 0 Å². The molecule has 2 saturated carbocycles. The molecule has 3 aliphatic rings. The Kier molecular flexibility index (Phi) is 4.50. The molecule has 1 aromatic carbocycles. The zero-order valence-corrected chi connectivity index (χ0v) is 14.6. The molecule has 2 aliphatic carbocycles. The van der Waals surface area contributed by atoms with Gasteiger partial charge in [0.25, 0.3) is 5.91 Å². The van der Waals surface area contributed by atoms with E-state index < -0.39 is 0 Å². The number of carbonyl (C=O) groups excluding carboxylic acids is 2. The lowest BCUT2D eigenvalue weighted by atomic mass is 9.67. The van der Waals surface area contributed by atoms with Crippen LogP contribution in [0.1, 0.15) is 55.3 Å². The molecule has 3 fully saturated rings. The molecule has 5 heteroatoms. The number of benzene rings is 1. The molecule has 1 heterocycles. The van der Waals surface area contributed by atoms with Gasteiger partial charge in [0.05, 0.1) is 0 Å². The average molecular weight is 341 g/mol. The fourth-order valence-electron chi connectivity index (χ4n) is 4.97. The minimum absolute atomic E-state index is 0.00308. The number of nitrogens with zero attached hydrogens (tertiary/aromatic N) is 1. The fraction of sp³-hybridized carbons (Fsp3) is 0.600. The van der Waals surface area contributed by atoms with Crippen LogP contribution in [0.5, 0.6) is 0 Å². The van der Waals surface area contributed by atoms with Crippen LogP contribution in [0.2, 0.25) is 0 Å². The molecule has 4 rings (SSSR count). The van der Waals surface area contributed by atoms with E-state index in [9.17, 15) is 9.59 Å². The van der Waals surface area contributed by atoms with Crippen molar-refractivity contribution in [1.82, 2.24) is 5.32 Å². The summed E-state index contributed by atoms with van der Waals surface area (Å²) in [5.41, 5.74) is 7.73. The molecule has 2 atom stereocenters. The smallest absolute Gasteiger partial charge is 0.251 e. The van der Waals surface area contributed by atoms with E-state index in [0.29, 0.717) is 29.9 Å². The Morgan fingerprint density at radius 1 is 1.08 bits per heavy atom. The Morgan fingerprint density at radius 2 is 1.76 bits per heavy atom. The van der Waals surface area contributed by atoms with E-state index >= 15 is 0 Å². The lowest BCUT2D eigenvalue weighted by Gasteiger charge is -2.45. The van der Waals surface area contributed by atoms with Gasteiger partial charge in [0.1, 0.15) is 0 Å². The van der Waals surface area contributed by atoms with Gasteiger partial charge in [0.15, 0.2) is 0 Å². The first-order valence-corrected chi connectivity index (χ1v) is 9.58. The van der Waals surface area contributed by atoms with E-state index in [0.717, 1.165) is 31.5 Å². The van der Waals surface area contributed by atoms with Gasteiger partial charge in [-0.15, -0.1) is 0 Å².